The van der Waals surface area contributed by atoms with Crippen molar-refractivity contribution in [1.29, 1.82) is 0 Å². The van der Waals surface area contributed by atoms with Crippen LogP contribution in [0.4, 0.5) is 5.69 Å². The van der Waals surface area contributed by atoms with Crippen molar-refractivity contribution in [3.8, 4) is 33.9 Å². The van der Waals surface area contributed by atoms with Crippen LogP contribution < -0.4 is 10.1 Å². The van der Waals surface area contributed by atoms with Gasteiger partial charge in [0.05, 0.1) is 5.52 Å². The summed E-state index contributed by atoms with van der Waals surface area (Å²) in [5.41, 5.74) is 6.78. The van der Waals surface area contributed by atoms with E-state index >= 15 is 0 Å². The number of fused-ring (bicyclic) bond motifs is 1. The van der Waals surface area contributed by atoms with Gasteiger partial charge in [0.2, 0.25) is 11.8 Å². The number of rotatable bonds is 7. The molecule has 180 valence electrons. The van der Waals surface area contributed by atoms with Crippen molar-refractivity contribution in [2.24, 2.45) is 0 Å². The number of nitrogens with zero attached hydrogens (tertiary/aromatic N) is 3. The number of hydrogen-bond acceptors (Lipinski definition) is 5. The SMILES string of the molecule is C=CC(=O)Nc1cccc(-c2cc(-c3ccc(Oc4cc(C5CC5)ccn4)cc3)cc3cncnc23)c1. The Kier molecular flexibility index (Phi) is 5.91. The number of nitrogens with one attached hydrogen (secondary N) is 1. The van der Waals surface area contributed by atoms with Crippen molar-refractivity contribution in [2.75, 3.05) is 5.32 Å². The summed E-state index contributed by atoms with van der Waals surface area (Å²) in [6, 6.07) is 24.0. The Balaban J connectivity index is 1.33. The third kappa shape index (κ3) is 4.95. The van der Waals surface area contributed by atoms with E-state index in [1.165, 1.54) is 24.5 Å². The van der Waals surface area contributed by atoms with Crippen molar-refractivity contribution >= 4 is 22.5 Å². The van der Waals surface area contributed by atoms with E-state index in [1.54, 1.807) is 6.33 Å². The second kappa shape index (κ2) is 9.66. The third-order valence-electron chi connectivity index (χ3n) is 6.45. The number of ether oxygens (including phenoxy) is 1. The molecule has 0 aliphatic heterocycles. The van der Waals surface area contributed by atoms with Crippen molar-refractivity contribution in [2.45, 2.75) is 18.8 Å². The van der Waals surface area contributed by atoms with Gasteiger partial charge in [-0.1, -0.05) is 30.8 Å². The van der Waals surface area contributed by atoms with Gasteiger partial charge < -0.3 is 10.1 Å². The molecule has 1 amide bonds. The van der Waals surface area contributed by atoms with Crippen LogP contribution in [0.5, 0.6) is 11.6 Å². The van der Waals surface area contributed by atoms with Crippen LogP contribution in [0.3, 0.4) is 0 Å². The first-order chi connectivity index (χ1) is 18.2. The van der Waals surface area contributed by atoms with Crippen LogP contribution in [-0.4, -0.2) is 20.9 Å². The van der Waals surface area contributed by atoms with E-state index in [2.05, 4.69) is 45.0 Å². The fraction of sp³-hybridized carbons (Fsp3) is 0.0968. The number of anilines is 1. The smallest absolute Gasteiger partial charge is 0.247 e. The second-order valence-corrected chi connectivity index (χ2v) is 9.09. The highest BCUT2D eigenvalue weighted by Gasteiger charge is 2.23. The van der Waals surface area contributed by atoms with Gasteiger partial charge in [-0.15, -0.1) is 0 Å². The summed E-state index contributed by atoms with van der Waals surface area (Å²) in [7, 11) is 0. The van der Waals surface area contributed by atoms with Crippen molar-refractivity contribution < 1.29 is 9.53 Å². The predicted molar refractivity (Wildman–Crippen MR) is 146 cm³/mol. The first-order valence-electron chi connectivity index (χ1n) is 12.2. The molecule has 0 spiro atoms. The highest BCUT2D eigenvalue weighted by molar-refractivity contribution is 6.01. The quantitative estimate of drug-likeness (QED) is 0.248. The molecule has 0 bridgehead atoms. The van der Waals surface area contributed by atoms with Crippen LogP contribution >= 0.6 is 0 Å². The summed E-state index contributed by atoms with van der Waals surface area (Å²) in [5.74, 6) is 1.75. The number of carbonyl (C=O) groups is 1. The molecule has 6 rings (SSSR count). The molecule has 2 aromatic heterocycles. The standard InChI is InChI=1S/C31H24N4O2/c1-2-29(36)35-26-5-3-4-23(15-26)28-16-24(14-25-18-32-19-34-31(25)28)21-8-10-27(11-9-21)37-30-17-22(12-13-33-30)20-6-7-20/h2-5,8-20H,1,6-7H2,(H,35,36). The monoisotopic (exact) mass is 484 g/mol. The largest absolute Gasteiger partial charge is 0.439 e. The van der Waals surface area contributed by atoms with Gasteiger partial charge in [-0.3, -0.25) is 4.79 Å². The zero-order chi connectivity index (χ0) is 25.2. The highest BCUT2D eigenvalue weighted by atomic mass is 16.5. The van der Waals surface area contributed by atoms with Crippen LogP contribution in [0, 0.1) is 0 Å². The molecular formula is C31H24N4O2. The van der Waals surface area contributed by atoms with Crippen molar-refractivity contribution in [1.82, 2.24) is 15.0 Å². The van der Waals surface area contributed by atoms with E-state index < -0.39 is 0 Å². The molecule has 1 saturated carbocycles. The Morgan fingerprint density at radius 3 is 2.62 bits per heavy atom. The summed E-state index contributed by atoms with van der Waals surface area (Å²) in [6.07, 6.45) is 8.91. The molecule has 6 nitrogen and oxygen atoms in total. The third-order valence-corrected chi connectivity index (χ3v) is 6.45. The molecule has 1 aliphatic rings. The lowest BCUT2D eigenvalue weighted by Gasteiger charge is -2.12. The molecule has 0 atom stereocenters. The van der Waals surface area contributed by atoms with E-state index in [-0.39, 0.29) is 5.91 Å². The lowest BCUT2D eigenvalue weighted by Crippen LogP contribution is -2.07. The maximum atomic E-state index is 11.8. The van der Waals surface area contributed by atoms with Gasteiger partial charge in [0.25, 0.3) is 0 Å². The summed E-state index contributed by atoms with van der Waals surface area (Å²) in [6.45, 7) is 3.52. The molecule has 5 aromatic rings. The van der Waals surface area contributed by atoms with Gasteiger partial charge in [0.15, 0.2) is 0 Å². The zero-order valence-electron chi connectivity index (χ0n) is 20.1. The molecule has 2 heterocycles. The average Bonchev–Trinajstić information content (AvgIpc) is 3.79. The van der Waals surface area contributed by atoms with Gasteiger partial charge in [-0.25, -0.2) is 15.0 Å². The first kappa shape index (κ1) is 22.6. The van der Waals surface area contributed by atoms with Crippen LogP contribution in [0.25, 0.3) is 33.2 Å². The van der Waals surface area contributed by atoms with E-state index in [4.69, 9.17) is 4.74 Å². The molecule has 0 saturated heterocycles. The Labute approximate surface area is 214 Å². The van der Waals surface area contributed by atoms with Gasteiger partial charge in [0, 0.05) is 35.1 Å². The fourth-order valence-electron chi connectivity index (χ4n) is 4.44. The summed E-state index contributed by atoms with van der Waals surface area (Å²) in [5, 5.41) is 3.75. The van der Waals surface area contributed by atoms with Crippen LogP contribution in [0.15, 0.2) is 104 Å². The van der Waals surface area contributed by atoms with E-state index in [0.717, 1.165) is 38.9 Å². The Morgan fingerprint density at radius 2 is 1.81 bits per heavy atom. The maximum absolute atomic E-state index is 11.8. The van der Waals surface area contributed by atoms with Gasteiger partial charge in [-0.05, 0) is 89.6 Å². The second-order valence-electron chi connectivity index (χ2n) is 9.09. The Bertz CT molecular complexity index is 1620. The number of hydrogen-bond donors (Lipinski definition) is 1. The molecule has 3 aromatic carbocycles. The average molecular weight is 485 g/mol. The maximum Gasteiger partial charge on any atom is 0.247 e. The molecule has 6 heteroatoms. The van der Waals surface area contributed by atoms with Crippen molar-refractivity contribution in [3.05, 3.63) is 110 Å². The number of pyridine rings is 1. The Hall–Kier alpha value is -4.84. The zero-order valence-corrected chi connectivity index (χ0v) is 20.1. The van der Waals surface area contributed by atoms with E-state index in [0.29, 0.717) is 17.5 Å². The molecule has 1 N–H and O–H groups in total. The molecule has 1 aliphatic carbocycles. The minimum absolute atomic E-state index is 0.255. The van der Waals surface area contributed by atoms with Crippen LogP contribution in [-0.2, 0) is 4.79 Å². The lowest BCUT2D eigenvalue weighted by atomic mass is 9.96. The lowest BCUT2D eigenvalue weighted by molar-refractivity contribution is -0.111. The van der Waals surface area contributed by atoms with E-state index in [9.17, 15) is 4.79 Å². The molecule has 0 unspecified atom stereocenters. The summed E-state index contributed by atoms with van der Waals surface area (Å²) >= 11 is 0. The molecular weight excluding hydrogens is 460 g/mol. The number of amides is 1. The number of aromatic nitrogens is 3. The van der Waals surface area contributed by atoms with Crippen LogP contribution in [0.1, 0.15) is 24.3 Å². The minimum Gasteiger partial charge on any atom is -0.439 e. The fourth-order valence-corrected chi connectivity index (χ4v) is 4.44. The van der Waals surface area contributed by atoms with Gasteiger partial charge >= 0.3 is 0 Å². The summed E-state index contributed by atoms with van der Waals surface area (Å²) < 4.78 is 6.03. The van der Waals surface area contributed by atoms with Crippen molar-refractivity contribution in [3.63, 3.8) is 0 Å². The summed E-state index contributed by atoms with van der Waals surface area (Å²) in [4.78, 5) is 24.9. The molecule has 1 fully saturated rings. The van der Waals surface area contributed by atoms with Crippen LogP contribution in [0.2, 0.25) is 0 Å². The topological polar surface area (TPSA) is 77.0 Å². The molecule has 37 heavy (non-hydrogen) atoms. The highest BCUT2D eigenvalue weighted by Crippen LogP contribution is 2.41. The van der Waals surface area contributed by atoms with Gasteiger partial charge in [-0.2, -0.15) is 0 Å². The predicted octanol–water partition coefficient (Wildman–Crippen LogP) is 7.15. The molecule has 0 radical (unpaired) electrons. The minimum atomic E-state index is -0.255. The first-order valence-corrected chi connectivity index (χ1v) is 12.2. The normalized spacial score (nSPS) is 12.8. The van der Waals surface area contributed by atoms with E-state index in [1.807, 2.05) is 67.0 Å². The van der Waals surface area contributed by atoms with Gasteiger partial charge in [0.1, 0.15) is 12.1 Å². The number of carbonyl (C=O) groups excluding carboxylic acids is 1. The Morgan fingerprint density at radius 1 is 0.946 bits per heavy atom. The number of benzene rings is 3.